The Labute approximate surface area is 102 Å². The number of hydrogen-bond donors (Lipinski definition) is 2. The van der Waals surface area contributed by atoms with Gasteiger partial charge in [-0.2, -0.15) is 0 Å². The van der Waals surface area contributed by atoms with E-state index in [1.165, 1.54) is 12.8 Å². The molecule has 1 aromatic rings. The van der Waals surface area contributed by atoms with Gasteiger partial charge in [-0.15, -0.1) is 0 Å². The van der Waals surface area contributed by atoms with E-state index in [0.717, 1.165) is 31.8 Å². The second kappa shape index (κ2) is 5.87. The number of rotatable bonds is 4. The van der Waals surface area contributed by atoms with Crippen molar-refractivity contribution in [2.24, 2.45) is 5.92 Å². The average molecular weight is 236 g/mol. The third kappa shape index (κ3) is 3.33. The molecule has 4 nitrogen and oxygen atoms in total. The van der Waals surface area contributed by atoms with Gasteiger partial charge in [-0.25, -0.2) is 0 Å². The van der Waals surface area contributed by atoms with E-state index in [1.54, 1.807) is 6.07 Å². The second-order valence-corrected chi connectivity index (χ2v) is 4.54. The Morgan fingerprint density at radius 2 is 2.47 bits per heavy atom. The van der Waals surface area contributed by atoms with E-state index in [0.29, 0.717) is 11.7 Å². The molecule has 2 rings (SSSR count). The maximum atomic E-state index is 11.8. The molecule has 0 saturated carbocycles. The predicted octanol–water partition coefficient (Wildman–Crippen LogP) is 1.57. The van der Waals surface area contributed by atoms with Crippen LogP contribution in [0.4, 0.5) is 0 Å². The molecule has 0 bridgehead atoms. The number of nitrogens with one attached hydrogen (secondary N) is 2. The molecular formula is C13H20N2O2. The molecule has 4 heteroatoms. The zero-order valence-corrected chi connectivity index (χ0v) is 10.3. The van der Waals surface area contributed by atoms with Gasteiger partial charge in [0.05, 0.1) is 0 Å². The van der Waals surface area contributed by atoms with Crippen molar-refractivity contribution in [1.29, 1.82) is 0 Å². The summed E-state index contributed by atoms with van der Waals surface area (Å²) in [4.78, 5) is 11.8. The van der Waals surface area contributed by atoms with Gasteiger partial charge < -0.3 is 15.1 Å². The van der Waals surface area contributed by atoms with Gasteiger partial charge >= 0.3 is 0 Å². The monoisotopic (exact) mass is 236 g/mol. The molecule has 0 spiro atoms. The van der Waals surface area contributed by atoms with Crippen LogP contribution in [0.1, 0.15) is 36.1 Å². The Morgan fingerprint density at radius 1 is 1.59 bits per heavy atom. The van der Waals surface area contributed by atoms with Crippen LogP contribution in [-0.2, 0) is 6.42 Å². The lowest BCUT2D eigenvalue weighted by atomic mass is 10.00. The fourth-order valence-electron chi connectivity index (χ4n) is 2.11. The minimum absolute atomic E-state index is 0.102. The molecule has 1 fully saturated rings. The van der Waals surface area contributed by atoms with E-state index in [9.17, 15) is 4.79 Å². The summed E-state index contributed by atoms with van der Waals surface area (Å²) in [7, 11) is 0. The van der Waals surface area contributed by atoms with Crippen molar-refractivity contribution in [1.82, 2.24) is 10.6 Å². The van der Waals surface area contributed by atoms with Gasteiger partial charge in [-0.3, -0.25) is 4.79 Å². The maximum Gasteiger partial charge on any atom is 0.287 e. The van der Waals surface area contributed by atoms with Crippen LogP contribution in [-0.4, -0.2) is 25.5 Å². The molecule has 2 N–H and O–H groups in total. The zero-order chi connectivity index (χ0) is 12.1. The van der Waals surface area contributed by atoms with Crippen LogP contribution >= 0.6 is 0 Å². The number of aryl methyl sites for hydroxylation is 1. The molecule has 1 aromatic heterocycles. The fraction of sp³-hybridized carbons (Fsp3) is 0.615. The topological polar surface area (TPSA) is 54.3 Å². The summed E-state index contributed by atoms with van der Waals surface area (Å²) < 4.78 is 5.41. The van der Waals surface area contributed by atoms with Crippen molar-refractivity contribution in [3.63, 3.8) is 0 Å². The van der Waals surface area contributed by atoms with Gasteiger partial charge in [0.1, 0.15) is 5.76 Å². The summed E-state index contributed by atoms with van der Waals surface area (Å²) in [6, 6.07) is 3.60. The number of hydrogen-bond acceptors (Lipinski definition) is 3. The van der Waals surface area contributed by atoms with Crippen LogP contribution in [0, 0.1) is 5.92 Å². The molecule has 1 amide bonds. The van der Waals surface area contributed by atoms with Crippen molar-refractivity contribution >= 4 is 5.91 Å². The van der Waals surface area contributed by atoms with Crippen molar-refractivity contribution < 1.29 is 9.21 Å². The van der Waals surface area contributed by atoms with E-state index < -0.39 is 0 Å². The fourth-order valence-corrected chi connectivity index (χ4v) is 2.11. The number of furan rings is 1. The molecule has 1 saturated heterocycles. The van der Waals surface area contributed by atoms with E-state index in [2.05, 4.69) is 10.6 Å². The Hall–Kier alpha value is -1.29. The summed E-state index contributed by atoms with van der Waals surface area (Å²) in [6.45, 7) is 4.84. The molecule has 0 aromatic carbocycles. The van der Waals surface area contributed by atoms with Gasteiger partial charge in [0.25, 0.3) is 5.91 Å². The Kier molecular flexibility index (Phi) is 4.20. The van der Waals surface area contributed by atoms with E-state index >= 15 is 0 Å². The second-order valence-electron chi connectivity index (χ2n) is 4.54. The van der Waals surface area contributed by atoms with E-state index in [1.807, 2.05) is 13.0 Å². The van der Waals surface area contributed by atoms with Gasteiger partial charge in [-0.1, -0.05) is 6.92 Å². The lowest BCUT2D eigenvalue weighted by Crippen LogP contribution is -2.38. The van der Waals surface area contributed by atoms with Gasteiger partial charge in [0, 0.05) is 13.0 Å². The normalized spacial score (nSPS) is 20.2. The molecule has 1 aliphatic heterocycles. The molecule has 1 atom stereocenters. The highest BCUT2D eigenvalue weighted by atomic mass is 16.3. The highest BCUT2D eigenvalue weighted by Crippen LogP contribution is 2.10. The first kappa shape index (κ1) is 12.2. The predicted molar refractivity (Wildman–Crippen MR) is 66.0 cm³/mol. The quantitative estimate of drug-likeness (QED) is 0.834. The molecule has 94 valence electrons. The third-order valence-corrected chi connectivity index (χ3v) is 3.18. The van der Waals surface area contributed by atoms with E-state index in [-0.39, 0.29) is 5.91 Å². The Balaban J connectivity index is 1.80. The number of amides is 1. The third-order valence-electron chi connectivity index (χ3n) is 3.18. The molecule has 0 radical (unpaired) electrons. The lowest BCUT2D eigenvalue weighted by Gasteiger charge is -2.22. The Bertz CT molecular complexity index is 367. The SMILES string of the molecule is CCc1ccc(C(=O)NCC2CCCNC2)o1. The molecule has 1 unspecified atom stereocenters. The van der Waals surface area contributed by atoms with Crippen LogP contribution in [0.2, 0.25) is 0 Å². The molecule has 0 aliphatic carbocycles. The minimum atomic E-state index is -0.102. The molecular weight excluding hydrogens is 216 g/mol. The van der Waals surface area contributed by atoms with Crippen LogP contribution < -0.4 is 10.6 Å². The maximum absolute atomic E-state index is 11.8. The molecule has 2 heterocycles. The Morgan fingerprint density at radius 3 is 3.12 bits per heavy atom. The van der Waals surface area contributed by atoms with Crippen molar-refractivity contribution in [3.05, 3.63) is 23.7 Å². The smallest absolute Gasteiger partial charge is 0.287 e. The number of carbonyl (C=O) groups excluding carboxylic acids is 1. The summed E-state index contributed by atoms with van der Waals surface area (Å²) in [5.41, 5.74) is 0. The van der Waals surface area contributed by atoms with Crippen molar-refractivity contribution in [2.45, 2.75) is 26.2 Å². The van der Waals surface area contributed by atoms with Crippen molar-refractivity contribution in [2.75, 3.05) is 19.6 Å². The van der Waals surface area contributed by atoms with E-state index in [4.69, 9.17) is 4.42 Å². The lowest BCUT2D eigenvalue weighted by molar-refractivity contribution is 0.0915. The summed E-state index contributed by atoms with van der Waals surface area (Å²) in [5, 5.41) is 6.27. The van der Waals surface area contributed by atoms with Crippen LogP contribution in [0.15, 0.2) is 16.5 Å². The first-order valence-corrected chi connectivity index (χ1v) is 6.37. The summed E-state index contributed by atoms with van der Waals surface area (Å²) in [6.07, 6.45) is 3.20. The van der Waals surface area contributed by atoms with Crippen molar-refractivity contribution in [3.8, 4) is 0 Å². The van der Waals surface area contributed by atoms with Crippen LogP contribution in [0.5, 0.6) is 0 Å². The largest absolute Gasteiger partial charge is 0.456 e. The number of piperidine rings is 1. The first-order valence-electron chi connectivity index (χ1n) is 6.37. The summed E-state index contributed by atoms with van der Waals surface area (Å²) in [5.74, 6) is 1.73. The van der Waals surface area contributed by atoms with Gasteiger partial charge in [-0.05, 0) is 44.0 Å². The molecule has 17 heavy (non-hydrogen) atoms. The summed E-state index contributed by atoms with van der Waals surface area (Å²) >= 11 is 0. The minimum Gasteiger partial charge on any atom is -0.456 e. The zero-order valence-electron chi connectivity index (χ0n) is 10.3. The van der Waals surface area contributed by atoms with Crippen LogP contribution in [0.25, 0.3) is 0 Å². The first-order chi connectivity index (χ1) is 8.29. The van der Waals surface area contributed by atoms with Gasteiger partial charge in [0.15, 0.2) is 5.76 Å². The standard InChI is InChI=1S/C13H20N2O2/c1-2-11-5-6-12(17-11)13(16)15-9-10-4-3-7-14-8-10/h5-6,10,14H,2-4,7-9H2,1H3,(H,15,16). The van der Waals surface area contributed by atoms with Gasteiger partial charge in [0.2, 0.25) is 0 Å². The molecule has 1 aliphatic rings. The van der Waals surface area contributed by atoms with Crippen LogP contribution in [0.3, 0.4) is 0 Å². The number of carbonyl (C=O) groups is 1. The highest BCUT2D eigenvalue weighted by molar-refractivity contribution is 5.91. The average Bonchev–Trinajstić information content (AvgIpc) is 2.86. The highest BCUT2D eigenvalue weighted by Gasteiger charge is 2.15.